The van der Waals surface area contributed by atoms with E-state index >= 15 is 0 Å². The average molecular weight is 286 g/mol. The third kappa shape index (κ3) is 4.11. The Morgan fingerprint density at radius 2 is 1.84 bits per heavy atom. The molecule has 0 spiro atoms. The van der Waals surface area contributed by atoms with Crippen LogP contribution in [-0.2, 0) is 4.79 Å². The van der Waals surface area contributed by atoms with Gasteiger partial charge in [0.15, 0.2) is 0 Å². The number of hydrogen-bond donors (Lipinski definition) is 1. The van der Waals surface area contributed by atoms with Crippen LogP contribution in [0.1, 0.15) is 58.8 Å². The van der Waals surface area contributed by atoms with Crippen LogP contribution in [0.2, 0.25) is 0 Å². The smallest absolute Gasteiger partial charge is 0.223 e. The van der Waals surface area contributed by atoms with Gasteiger partial charge in [-0.1, -0.05) is 39.5 Å². The average Bonchev–Trinajstić information content (AvgIpc) is 2.43. The molecule has 2 saturated carbocycles. The van der Waals surface area contributed by atoms with Crippen LogP contribution in [0.3, 0.4) is 0 Å². The summed E-state index contributed by atoms with van der Waals surface area (Å²) in [5, 5.41) is 3.11. The van der Waals surface area contributed by atoms with Crippen molar-refractivity contribution in [3.8, 4) is 0 Å². The lowest BCUT2D eigenvalue weighted by Gasteiger charge is -2.38. The van der Waals surface area contributed by atoms with E-state index in [1.54, 1.807) is 0 Å². The lowest BCUT2D eigenvalue weighted by atomic mass is 9.67. The minimum Gasteiger partial charge on any atom is -0.354 e. The normalized spacial score (nSPS) is 32.7. The van der Waals surface area contributed by atoms with Crippen LogP contribution >= 0.6 is 11.6 Å². The number of carbonyl (C=O) groups excluding carboxylic acids is 1. The van der Waals surface area contributed by atoms with Crippen LogP contribution in [0, 0.1) is 23.7 Å². The zero-order valence-electron chi connectivity index (χ0n) is 12.3. The second kappa shape index (κ2) is 6.97. The Morgan fingerprint density at radius 1 is 1.16 bits per heavy atom. The lowest BCUT2D eigenvalue weighted by molar-refractivity contribution is -0.127. The van der Waals surface area contributed by atoms with Crippen molar-refractivity contribution in [2.75, 3.05) is 6.54 Å². The standard InChI is InChI=1S/C16H28ClNO/c1-11(2)15(17)10-18-16(19)14-8-7-12-5-3-4-6-13(12)9-14/h11-15H,3-10H2,1-2H3,(H,18,19). The van der Waals surface area contributed by atoms with Gasteiger partial charge in [0.05, 0.1) is 5.38 Å². The summed E-state index contributed by atoms with van der Waals surface area (Å²) in [5.41, 5.74) is 0. The first-order chi connectivity index (χ1) is 9.08. The number of nitrogens with one attached hydrogen (secondary N) is 1. The second-order valence-corrected chi connectivity index (χ2v) is 7.38. The summed E-state index contributed by atoms with van der Waals surface area (Å²) < 4.78 is 0. The minimum absolute atomic E-state index is 0.0509. The summed E-state index contributed by atoms with van der Waals surface area (Å²) in [6.45, 7) is 4.80. The molecule has 2 rings (SSSR count). The van der Waals surface area contributed by atoms with E-state index in [2.05, 4.69) is 19.2 Å². The van der Waals surface area contributed by atoms with E-state index in [1.165, 1.54) is 32.1 Å². The Balaban J connectivity index is 1.77. The van der Waals surface area contributed by atoms with Crippen LogP contribution in [0.5, 0.6) is 0 Å². The van der Waals surface area contributed by atoms with Crippen molar-refractivity contribution in [3.05, 3.63) is 0 Å². The van der Waals surface area contributed by atoms with Crippen LogP contribution in [-0.4, -0.2) is 17.8 Å². The summed E-state index contributed by atoms with van der Waals surface area (Å²) in [7, 11) is 0. The fourth-order valence-electron chi connectivity index (χ4n) is 3.69. The number of amides is 1. The molecule has 0 aliphatic heterocycles. The Morgan fingerprint density at radius 3 is 2.53 bits per heavy atom. The predicted octanol–water partition coefficient (Wildman–Crippen LogP) is 3.97. The van der Waals surface area contributed by atoms with E-state index in [0.29, 0.717) is 12.5 Å². The van der Waals surface area contributed by atoms with E-state index in [0.717, 1.165) is 24.7 Å². The first-order valence-electron chi connectivity index (χ1n) is 7.99. The number of alkyl halides is 1. The highest BCUT2D eigenvalue weighted by molar-refractivity contribution is 6.21. The highest BCUT2D eigenvalue weighted by atomic mass is 35.5. The number of carbonyl (C=O) groups is 1. The van der Waals surface area contributed by atoms with Crippen molar-refractivity contribution in [1.29, 1.82) is 0 Å². The molecule has 3 heteroatoms. The molecule has 110 valence electrons. The van der Waals surface area contributed by atoms with Crippen LogP contribution < -0.4 is 5.32 Å². The molecule has 0 bridgehead atoms. The van der Waals surface area contributed by atoms with Crippen LogP contribution in [0.15, 0.2) is 0 Å². The number of hydrogen-bond acceptors (Lipinski definition) is 1. The quantitative estimate of drug-likeness (QED) is 0.778. The maximum absolute atomic E-state index is 12.2. The van der Waals surface area contributed by atoms with Gasteiger partial charge in [0.1, 0.15) is 0 Å². The van der Waals surface area contributed by atoms with Gasteiger partial charge in [0, 0.05) is 12.5 Å². The van der Waals surface area contributed by atoms with Gasteiger partial charge >= 0.3 is 0 Å². The van der Waals surface area contributed by atoms with Gasteiger partial charge in [-0.15, -0.1) is 11.6 Å². The molecule has 0 aromatic heterocycles. The summed E-state index contributed by atoms with van der Waals surface area (Å²) in [6, 6.07) is 0. The maximum atomic E-state index is 12.2. The topological polar surface area (TPSA) is 29.1 Å². The number of fused-ring (bicyclic) bond motifs is 1. The lowest BCUT2D eigenvalue weighted by Crippen LogP contribution is -2.40. The molecule has 2 fully saturated rings. The maximum Gasteiger partial charge on any atom is 0.223 e. The Hall–Kier alpha value is -0.240. The van der Waals surface area contributed by atoms with Crippen molar-refractivity contribution in [1.82, 2.24) is 5.32 Å². The van der Waals surface area contributed by atoms with Crippen molar-refractivity contribution in [2.24, 2.45) is 23.7 Å². The zero-order chi connectivity index (χ0) is 13.8. The molecule has 1 N–H and O–H groups in total. The number of rotatable bonds is 4. The van der Waals surface area contributed by atoms with Gasteiger partial charge in [-0.05, 0) is 37.0 Å². The first-order valence-corrected chi connectivity index (χ1v) is 8.43. The summed E-state index contributed by atoms with van der Waals surface area (Å²) in [4.78, 5) is 12.2. The largest absolute Gasteiger partial charge is 0.354 e. The van der Waals surface area contributed by atoms with Gasteiger partial charge in [0.2, 0.25) is 5.91 Å². The molecule has 19 heavy (non-hydrogen) atoms. The third-order valence-electron chi connectivity index (χ3n) is 5.11. The van der Waals surface area contributed by atoms with Gasteiger partial charge < -0.3 is 5.32 Å². The second-order valence-electron chi connectivity index (χ2n) is 6.82. The summed E-state index contributed by atoms with van der Waals surface area (Å²) >= 11 is 6.19. The monoisotopic (exact) mass is 285 g/mol. The molecule has 2 nitrogen and oxygen atoms in total. The molecule has 0 saturated heterocycles. The number of halogens is 1. The molecule has 0 heterocycles. The molecule has 0 aromatic rings. The van der Waals surface area contributed by atoms with Crippen molar-refractivity contribution in [2.45, 2.75) is 64.2 Å². The molecular weight excluding hydrogens is 258 g/mol. The van der Waals surface area contributed by atoms with Crippen molar-refractivity contribution < 1.29 is 4.79 Å². The van der Waals surface area contributed by atoms with E-state index < -0.39 is 0 Å². The van der Waals surface area contributed by atoms with Crippen LogP contribution in [0.4, 0.5) is 0 Å². The van der Waals surface area contributed by atoms with Gasteiger partial charge in [-0.25, -0.2) is 0 Å². The summed E-state index contributed by atoms with van der Waals surface area (Å²) in [6.07, 6.45) is 8.98. The summed E-state index contributed by atoms with van der Waals surface area (Å²) in [5.74, 6) is 2.63. The van der Waals surface area contributed by atoms with Crippen LogP contribution in [0.25, 0.3) is 0 Å². The zero-order valence-corrected chi connectivity index (χ0v) is 13.1. The fraction of sp³-hybridized carbons (Fsp3) is 0.938. The van der Waals surface area contributed by atoms with Crippen molar-refractivity contribution in [3.63, 3.8) is 0 Å². The molecule has 0 aromatic carbocycles. The third-order valence-corrected chi connectivity index (χ3v) is 5.76. The Bertz CT molecular complexity index is 305. The molecule has 4 atom stereocenters. The SMILES string of the molecule is CC(C)C(Cl)CNC(=O)C1CCC2CCCCC2C1. The molecule has 2 aliphatic carbocycles. The van der Waals surface area contributed by atoms with E-state index in [1.807, 2.05) is 0 Å². The highest BCUT2D eigenvalue weighted by Gasteiger charge is 2.34. The Labute approximate surface area is 122 Å². The molecule has 1 amide bonds. The van der Waals surface area contributed by atoms with Gasteiger partial charge in [0.25, 0.3) is 0 Å². The molecule has 4 unspecified atom stereocenters. The van der Waals surface area contributed by atoms with E-state index in [-0.39, 0.29) is 17.2 Å². The van der Waals surface area contributed by atoms with E-state index in [9.17, 15) is 4.79 Å². The van der Waals surface area contributed by atoms with Gasteiger partial charge in [-0.3, -0.25) is 4.79 Å². The van der Waals surface area contributed by atoms with Crippen molar-refractivity contribution >= 4 is 17.5 Å². The molecular formula is C16H28ClNO. The minimum atomic E-state index is 0.0509. The predicted molar refractivity (Wildman–Crippen MR) is 80.3 cm³/mol. The molecule has 0 radical (unpaired) electrons. The fourth-order valence-corrected chi connectivity index (χ4v) is 3.77. The highest BCUT2D eigenvalue weighted by Crippen LogP contribution is 2.42. The Kier molecular flexibility index (Phi) is 5.56. The molecule has 2 aliphatic rings. The van der Waals surface area contributed by atoms with Gasteiger partial charge in [-0.2, -0.15) is 0 Å². The first kappa shape index (κ1) is 15.2. The van der Waals surface area contributed by atoms with E-state index in [4.69, 9.17) is 11.6 Å².